The zero-order valence-corrected chi connectivity index (χ0v) is 10.7. The van der Waals surface area contributed by atoms with Crippen LogP contribution in [-0.4, -0.2) is 31.1 Å². The van der Waals surface area contributed by atoms with E-state index in [0.717, 1.165) is 38.0 Å². The SMILES string of the molecule is COc1ccc(CN2CCC(N)CC2)cc1C#N. The Morgan fingerprint density at radius 3 is 2.78 bits per heavy atom. The molecule has 0 spiro atoms. The highest BCUT2D eigenvalue weighted by molar-refractivity contribution is 5.45. The van der Waals surface area contributed by atoms with E-state index in [9.17, 15) is 0 Å². The normalized spacial score (nSPS) is 17.4. The Morgan fingerprint density at radius 2 is 2.17 bits per heavy atom. The van der Waals surface area contributed by atoms with E-state index in [1.54, 1.807) is 7.11 Å². The third-order valence-corrected chi connectivity index (χ3v) is 3.42. The number of piperidine rings is 1. The fourth-order valence-corrected chi connectivity index (χ4v) is 2.31. The van der Waals surface area contributed by atoms with Crippen molar-refractivity contribution in [1.29, 1.82) is 5.26 Å². The summed E-state index contributed by atoms with van der Waals surface area (Å²) >= 11 is 0. The summed E-state index contributed by atoms with van der Waals surface area (Å²) in [5.41, 5.74) is 7.64. The molecule has 4 heteroatoms. The lowest BCUT2D eigenvalue weighted by molar-refractivity contribution is 0.205. The van der Waals surface area contributed by atoms with E-state index in [2.05, 4.69) is 11.0 Å². The zero-order valence-electron chi connectivity index (χ0n) is 10.7. The van der Waals surface area contributed by atoms with Crippen LogP contribution >= 0.6 is 0 Å². The minimum Gasteiger partial charge on any atom is -0.495 e. The van der Waals surface area contributed by atoms with Gasteiger partial charge in [-0.3, -0.25) is 4.90 Å². The molecule has 1 fully saturated rings. The monoisotopic (exact) mass is 245 g/mol. The van der Waals surface area contributed by atoms with Gasteiger partial charge in [-0.25, -0.2) is 0 Å². The van der Waals surface area contributed by atoms with Crippen LogP contribution in [0.3, 0.4) is 0 Å². The quantitative estimate of drug-likeness (QED) is 0.876. The summed E-state index contributed by atoms with van der Waals surface area (Å²) in [6.45, 7) is 2.95. The van der Waals surface area contributed by atoms with Gasteiger partial charge in [-0.05, 0) is 43.6 Å². The maximum atomic E-state index is 9.05. The predicted octanol–water partition coefficient (Wildman–Crippen LogP) is 1.49. The van der Waals surface area contributed by atoms with Crippen molar-refractivity contribution >= 4 is 0 Å². The molecule has 0 radical (unpaired) electrons. The lowest BCUT2D eigenvalue weighted by Crippen LogP contribution is -2.39. The van der Waals surface area contributed by atoms with Gasteiger partial charge in [0.1, 0.15) is 11.8 Å². The number of benzene rings is 1. The molecule has 1 aromatic rings. The highest BCUT2D eigenvalue weighted by atomic mass is 16.5. The molecular formula is C14H19N3O. The van der Waals surface area contributed by atoms with Gasteiger partial charge in [0, 0.05) is 12.6 Å². The van der Waals surface area contributed by atoms with E-state index < -0.39 is 0 Å². The summed E-state index contributed by atoms with van der Waals surface area (Å²) in [6, 6.07) is 8.32. The van der Waals surface area contributed by atoms with Crippen LogP contribution < -0.4 is 10.5 Å². The summed E-state index contributed by atoms with van der Waals surface area (Å²) in [5.74, 6) is 0.641. The van der Waals surface area contributed by atoms with E-state index in [1.165, 1.54) is 0 Å². The van der Waals surface area contributed by atoms with Gasteiger partial charge >= 0.3 is 0 Å². The Labute approximate surface area is 108 Å². The Morgan fingerprint density at radius 1 is 1.44 bits per heavy atom. The van der Waals surface area contributed by atoms with Crippen LogP contribution in [0.4, 0.5) is 0 Å². The van der Waals surface area contributed by atoms with Crippen LogP contribution in [0.15, 0.2) is 18.2 Å². The third-order valence-electron chi connectivity index (χ3n) is 3.42. The Bertz CT molecular complexity index is 445. The van der Waals surface area contributed by atoms with Gasteiger partial charge in [-0.1, -0.05) is 6.07 Å². The van der Waals surface area contributed by atoms with E-state index >= 15 is 0 Å². The maximum absolute atomic E-state index is 9.05. The molecule has 0 saturated carbocycles. The van der Waals surface area contributed by atoms with Crippen LogP contribution in [-0.2, 0) is 6.54 Å². The van der Waals surface area contributed by atoms with Crippen molar-refractivity contribution in [1.82, 2.24) is 4.90 Å². The van der Waals surface area contributed by atoms with Crippen molar-refractivity contribution < 1.29 is 4.74 Å². The first-order chi connectivity index (χ1) is 8.72. The number of likely N-dealkylation sites (tertiary alicyclic amines) is 1. The third kappa shape index (κ3) is 3.00. The number of nitrogens with two attached hydrogens (primary N) is 1. The van der Waals surface area contributed by atoms with E-state index in [1.807, 2.05) is 18.2 Å². The van der Waals surface area contributed by atoms with Crippen LogP contribution in [0.5, 0.6) is 5.75 Å². The standard InChI is InChI=1S/C14H19N3O/c1-18-14-3-2-11(8-12(14)9-15)10-17-6-4-13(16)5-7-17/h2-3,8,13H,4-7,10,16H2,1H3. The molecule has 1 saturated heterocycles. The van der Waals surface area contributed by atoms with Gasteiger partial charge < -0.3 is 10.5 Å². The second kappa shape index (κ2) is 5.85. The highest BCUT2D eigenvalue weighted by Crippen LogP contribution is 2.20. The summed E-state index contributed by atoms with van der Waals surface area (Å²) in [6.07, 6.45) is 2.11. The number of nitrogens with zero attached hydrogens (tertiary/aromatic N) is 2. The first kappa shape index (κ1) is 12.9. The minimum atomic E-state index is 0.354. The molecule has 0 unspecified atom stereocenters. The van der Waals surface area contributed by atoms with E-state index in [0.29, 0.717) is 17.4 Å². The molecule has 0 amide bonds. The van der Waals surface area contributed by atoms with E-state index in [4.69, 9.17) is 15.7 Å². The second-order valence-electron chi connectivity index (χ2n) is 4.76. The van der Waals surface area contributed by atoms with Crippen LogP contribution in [0, 0.1) is 11.3 Å². The topological polar surface area (TPSA) is 62.3 Å². The number of ether oxygens (including phenoxy) is 1. The molecule has 96 valence electrons. The average Bonchev–Trinajstić information content (AvgIpc) is 2.41. The second-order valence-corrected chi connectivity index (χ2v) is 4.76. The molecule has 1 aliphatic heterocycles. The zero-order chi connectivity index (χ0) is 13.0. The van der Waals surface area contributed by atoms with Crippen molar-refractivity contribution in [3.05, 3.63) is 29.3 Å². The first-order valence-electron chi connectivity index (χ1n) is 6.28. The molecule has 1 heterocycles. The van der Waals surface area contributed by atoms with Gasteiger partial charge in [-0.15, -0.1) is 0 Å². The van der Waals surface area contributed by atoms with Crippen molar-refractivity contribution in [2.75, 3.05) is 20.2 Å². The van der Waals surface area contributed by atoms with Crippen molar-refractivity contribution in [3.63, 3.8) is 0 Å². The van der Waals surface area contributed by atoms with Crippen LogP contribution in [0.1, 0.15) is 24.0 Å². The van der Waals surface area contributed by atoms with Gasteiger partial charge in [0.15, 0.2) is 0 Å². The first-order valence-corrected chi connectivity index (χ1v) is 6.28. The molecule has 2 N–H and O–H groups in total. The highest BCUT2D eigenvalue weighted by Gasteiger charge is 2.16. The fraction of sp³-hybridized carbons (Fsp3) is 0.500. The molecule has 0 atom stereocenters. The van der Waals surface area contributed by atoms with E-state index in [-0.39, 0.29) is 0 Å². The summed E-state index contributed by atoms with van der Waals surface area (Å²) in [5, 5.41) is 9.05. The lowest BCUT2D eigenvalue weighted by atomic mass is 10.0. The molecular weight excluding hydrogens is 226 g/mol. The van der Waals surface area contributed by atoms with Gasteiger partial charge in [0.25, 0.3) is 0 Å². The maximum Gasteiger partial charge on any atom is 0.136 e. The predicted molar refractivity (Wildman–Crippen MR) is 70.2 cm³/mol. The Balaban J connectivity index is 2.04. The Kier molecular flexibility index (Phi) is 4.19. The number of methoxy groups -OCH3 is 1. The van der Waals surface area contributed by atoms with Crippen LogP contribution in [0.25, 0.3) is 0 Å². The number of nitriles is 1. The molecule has 1 aromatic carbocycles. The summed E-state index contributed by atoms with van der Waals surface area (Å²) in [4.78, 5) is 2.38. The molecule has 0 aliphatic carbocycles. The number of hydrogen-bond donors (Lipinski definition) is 1. The lowest BCUT2D eigenvalue weighted by Gasteiger charge is -2.30. The summed E-state index contributed by atoms with van der Waals surface area (Å²) in [7, 11) is 1.59. The fourth-order valence-electron chi connectivity index (χ4n) is 2.31. The molecule has 0 bridgehead atoms. The number of hydrogen-bond acceptors (Lipinski definition) is 4. The summed E-state index contributed by atoms with van der Waals surface area (Å²) < 4.78 is 5.14. The smallest absolute Gasteiger partial charge is 0.136 e. The largest absolute Gasteiger partial charge is 0.495 e. The van der Waals surface area contributed by atoms with Gasteiger partial charge in [0.05, 0.1) is 12.7 Å². The van der Waals surface area contributed by atoms with Crippen molar-refractivity contribution in [2.45, 2.75) is 25.4 Å². The Hall–Kier alpha value is -1.57. The van der Waals surface area contributed by atoms with Gasteiger partial charge in [0.2, 0.25) is 0 Å². The minimum absolute atomic E-state index is 0.354. The molecule has 4 nitrogen and oxygen atoms in total. The van der Waals surface area contributed by atoms with Crippen molar-refractivity contribution in [3.8, 4) is 11.8 Å². The average molecular weight is 245 g/mol. The molecule has 1 aliphatic rings. The number of rotatable bonds is 3. The molecule has 2 rings (SSSR count). The van der Waals surface area contributed by atoms with Crippen LogP contribution in [0.2, 0.25) is 0 Å². The molecule has 18 heavy (non-hydrogen) atoms. The molecule has 0 aromatic heterocycles. The van der Waals surface area contributed by atoms with Crippen molar-refractivity contribution in [2.24, 2.45) is 5.73 Å². The van der Waals surface area contributed by atoms with Gasteiger partial charge in [-0.2, -0.15) is 5.26 Å².